The first kappa shape index (κ1) is 49.4. The lowest BCUT2D eigenvalue weighted by atomic mass is 9.81. The molecule has 0 saturated heterocycles. The van der Waals surface area contributed by atoms with E-state index in [1.165, 1.54) is 24.1 Å². The Kier molecular flexibility index (Phi) is 26.7. The highest BCUT2D eigenvalue weighted by Crippen LogP contribution is 2.30. The fourth-order valence-corrected chi connectivity index (χ4v) is 5.75. The molecule has 1 fully saturated rings. The molecule has 334 valence electrons. The van der Waals surface area contributed by atoms with Gasteiger partial charge in [-0.25, -0.2) is 4.68 Å². The standard InChI is InChI=1S/C38H63N7O14/c1-39-34(46)29-59-30-35(47)40-8-10-51-12-14-53-16-18-55-20-22-57-24-25-58-23-21-56-19-17-54-15-13-52-11-9-44-28-33(42-43-44)26-41-38(50)32-4-2-31(3-5-32)27-45-36(48)6-7-37(45)49/h6-7,28,31-32H,2-5,8-27,29-30H2,1H3,(H,39,46)(H,40,47)(H,41,50). The van der Waals surface area contributed by atoms with E-state index in [2.05, 4.69) is 26.3 Å². The van der Waals surface area contributed by atoms with Crippen molar-refractivity contribution >= 4 is 29.5 Å². The molecule has 2 heterocycles. The lowest BCUT2D eigenvalue weighted by Gasteiger charge is -2.29. The molecule has 0 bridgehead atoms. The molecule has 5 amide bonds. The summed E-state index contributed by atoms with van der Waals surface area (Å²) in [6, 6.07) is 0. The molecule has 1 aliphatic carbocycles. The van der Waals surface area contributed by atoms with Crippen molar-refractivity contribution in [1.29, 1.82) is 0 Å². The van der Waals surface area contributed by atoms with Gasteiger partial charge in [0.15, 0.2) is 0 Å². The topological polar surface area (TPSA) is 238 Å². The normalized spacial score (nSPS) is 16.5. The molecule has 1 aromatic heterocycles. The van der Waals surface area contributed by atoms with E-state index in [4.69, 9.17) is 42.6 Å². The van der Waals surface area contributed by atoms with Crippen LogP contribution in [0, 0.1) is 11.8 Å². The highest BCUT2D eigenvalue weighted by Gasteiger charge is 2.31. The van der Waals surface area contributed by atoms with Crippen molar-refractivity contribution in [3.05, 3.63) is 24.0 Å². The van der Waals surface area contributed by atoms with Crippen molar-refractivity contribution in [1.82, 2.24) is 35.8 Å². The number of ether oxygens (including phenoxy) is 9. The molecule has 21 heteroatoms. The second kappa shape index (κ2) is 31.9. The molecule has 3 rings (SSSR count). The zero-order valence-corrected chi connectivity index (χ0v) is 34.3. The molecule has 0 atom stereocenters. The maximum absolute atomic E-state index is 12.7. The summed E-state index contributed by atoms with van der Waals surface area (Å²) >= 11 is 0. The van der Waals surface area contributed by atoms with Gasteiger partial charge < -0.3 is 58.6 Å². The summed E-state index contributed by atoms with van der Waals surface area (Å²) < 4.78 is 50.5. The van der Waals surface area contributed by atoms with Gasteiger partial charge in [0.25, 0.3) is 11.8 Å². The van der Waals surface area contributed by atoms with Gasteiger partial charge in [-0.3, -0.25) is 28.9 Å². The van der Waals surface area contributed by atoms with Gasteiger partial charge in [-0.1, -0.05) is 5.21 Å². The first-order valence-corrected chi connectivity index (χ1v) is 20.2. The lowest BCUT2D eigenvalue weighted by Crippen LogP contribution is -2.38. The Labute approximate surface area is 345 Å². The molecule has 0 spiro atoms. The van der Waals surface area contributed by atoms with Gasteiger partial charge in [-0.15, -0.1) is 5.10 Å². The van der Waals surface area contributed by atoms with Crippen LogP contribution in [0.3, 0.4) is 0 Å². The number of hydrogen-bond donors (Lipinski definition) is 3. The van der Waals surface area contributed by atoms with Crippen LogP contribution in [-0.4, -0.2) is 188 Å². The number of carbonyl (C=O) groups excluding carboxylic acids is 5. The van der Waals surface area contributed by atoms with Crippen LogP contribution in [-0.2, 0) is 79.7 Å². The van der Waals surface area contributed by atoms with Crippen LogP contribution in [0.2, 0.25) is 0 Å². The lowest BCUT2D eigenvalue weighted by molar-refractivity contribution is -0.138. The summed E-state index contributed by atoms with van der Waals surface area (Å²) in [5, 5.41) is 16.2. The Bertz CT molecular complexity index is 1360. The summed E-state index contributed by atoms with van der Waals surface area (Å²) in [6.45, 7) is 8.20. The van der Waals surface area contributed by atoms with Crippen molar-refractivity contribution < 1.29 is 66.6 Å². The number of rotatable bonds is 36. The van der Waals surface area contributed by atoms with Crippen LogP contribution >= 0.6 is 0 Å². The molecule has 21 nitrogen and oxygen atoms in total. The second-order valence-corrected chi connectivity index (χ2v) is 13.4. The zero-order valence-electron chi connectivity index (χ0n) is 34.3. The predicted octanol–water partition coefficient (Wildman–Crippen LogP) is -1.36. The van der Waals surface area contributed by atoms with Crippen LogP contribution < -0.4 is 16.0 Å². The van der Waals surface area contributed by atoms with Crippen LogP contribution in [0.5, 0.6) is 0 Å². The third-order valence-electron chi connectivity index (χ3n) is 8.97. The van der Waals surface area contributed by atoms with Crippen molar-refractivity contribution in [2.75, 3.05) is 139 Å². The Balaban J connectivity index is 0.979. The second-order valence-electron chi connectivity index (χ2n) is 13.4. The summed E-state index contributed by atoms with van der Waals surface area (Å²) in [5.74, 6) is -1.00. The summed E-state index contributed by atoms with van der Waals surface area (Å²) in [4.78, 5) is 60.1. The van der Waals surface area contributed by atoms with E-state index in [0.29, 0.717) is 138 Å². The molecule has 59 heavy (non-hydrogen) atoms. The molecule has 1 aromatic rings. The van der Waals surface area contributed by atoms with Crippen LogP contribution in [0.15, 0.2) is 18.3 Å². The molecular formula is C38H63N7O14. The quantitative estimate of drug-likeness (QED) is 0.0522. The van der Waals surface area contributed by atoms with Crippen LogP contribution in [0.1, 0.15) is 31.4 Å². The summed E-state index contributed by atoms with van der Waals surface area (Å²) in [6.07, 6.45) is 7.44. The van der Waals surface area contributed by atoms with E-state index in [1.54, 1.807) is 10.9 Å². The zero-order chi connectivity index (χ0) is 42.2. The van der Waals surface area contributed by atoms with Gasteiger partial charge in [-0.2, -0.15) is 0 Å². The number of imide groups is 1. The minimum absolute atomic E-state index is 0.0137. The molecule has 3 N–H and O–H groups in total. The van der Waals surface area contributed by atoms with Crippen LogP contribution in [0.4, 0.5) is 0 Å². The Hall–Kier alpha value is -3.93. The molecule has 1 aliphatic heterocycles. The third kappa shape index (κ3) is 23.4. The Morgan fingerprint density at radius 3 is 1.61 bits per heavy atom. The average molecular weight is 842 g/mol. The van der Waals surface area contributed by atoms with E-state index in [1.807, 2.05) is 0 Å². The highest BCUT2D eigenvalue weighted by atomic mass is 16.6. The highest BCUT2D eigenvalue weighted by molar-refractivity contribution is 6.12. The maximum Gasteiger partial charge on any atom is 0.253 e. The van der Waals surface area contributed by atoms with Gasteiger partial charge in [0, 0.05) is 38.2 Å². The molecule has 1 saturated carbocycles. The minimum atomic E-state index is -0.315. The van der Waals surface area contributed by atoms with Crippen molar-refractivity contribution in [2.45, 2.75) is 38.8 Å². The first-order chi connectivity index (χ1) is 28.9. The largest absolute Gasteiger partial charge is 0.377 e. The Morgan fingerprint density at radius 2 is 1.10 bits per heavy atom. The number of nitrogens with zero attached hydrogens (tertiary/aromatic N) is 4. The van der Waals surface area contributed by atoms with Crippen molar-refractivity contribution in [3.8, 4) is 0 Å². The molecule has 0 aromatic carbocycles. The number of nitrogens with one attached hydrogen (secondary N) is 3. The van der Waals surface area contributed by atoms with Gasteiger partial charge >= 0.3 is 0 Å². The molecule has 0 radical (unpaired) electrons. The molecule has 2 aliphatic rings. The van der Waals surface area contributed by atoms with Crippen molar-refractivity contribution in [3.63, 3.8) is 0 Å². The van der Waals surface area contributed by atoms with E-state index in [-0.39, 0.29) is 54.6 Å². The maximum atomic E-state index is 12.7. The fourth-order valence-electron chi connectivity index (χ4n) is 5.75. The first-order valence-electron chi connectivity index (χ1n) is 20.2. The van der Waals surface area contributed by atoms with Gasteiger partial charge in [0.2, 0.25) is 17.7 Å². The number of carbonyl (C=O) groups is 5. The smallest absolute Gasteiger partial charge is 0.253 e. The number of aromatic nitrogens is 3. The number of amides is 5. The monoisotopic (exact) mass is 841 g/mol. The van der Waals surface area contributed by atoms with E-state index in [0.717, 1.165) is 25.7 Å². The fraction of sp³-hybridized carbons (Fsp3) is 0.763. The van der Waals surface area contributed by atoms with Gasteiger partial charge in [-0.05, 0) is 31.6 Å². The summed E-state index contributed by atoms with van der Waals surface area (Å²) in [5.41, 5.74) is 0.664. The minimum Gasteiger partial charge on any atom is -0.377 e. The average Bonchev–Trinajstić information content (AvgIpc) is 3.83. The van der Waals surface area contributed by atoms with Gasteiger partial charge in [0.05, 0.1) is 125 Å². The van der Waals surface area contributed by atoms with E-state index >= 15 is 0 Å². The molecule has 0 unspecified atom stereocenters. The molecular weight excluding hydrogens is 778 g/mol. The van der Waals surface area contributed by atoms with Crippen molar-refractivity contribution in [2.24, 2.45) is 11.8 Å². The predicted molar refractivity (Wildman–Crippen MR) is 208 cm³/mol. The SMILES string of the molecule is CNC(=O)COCC(=O)NCCOCCOCCOCCOCCOCCOCCOCCOCCn1cc(CNC(=O)C2CCC(CN3C(=O)C=CC3=O)CC2)nn1. The number of hydrogen-bond acceptors (Lipinski definition) is 16. The van der Waals surface area contributed by atoms with Crippen LogP contribution in [0.25, 0.3) is 0 Å². The van der Waals surface area contributed by atoms with Gasteiger partial charge in [0.1, 0.15) is 18.9 Å². The third-order valence-corrected chi connectivity index (χ3v) is 8.97. The van der Waals surface area contributed by atoms with E-state index < -0.39 is 0 Å². The Morgan fingerprint density at radius 1 is 0.627 bits per heavy atom. The number of likely N-dealkylation sites (N-methyl/N-ethyl adjacent to an activating group) is 1. The van der Waals surface area contributed by atoms with E-state index in [9.17, 15) is 24.0 Å². The summed E-state index contributed by atoms with van der Waals surface area (Å²) in [7, 11) is 1.49.